The van der Waals surface area contributed by atoms with Crippen LogP contribution in [0, 0.1) is 0 Å². The number of rotatable bonds is 16. The molecule has 0 spiro atoms. The summed E-state index contributed by atoms with van der Waals surface area (Å²) in [6, 6.07) is 12.9. The zero-order valence-corrected chi connectivity index (χ0v) is 24.0. The highest BCUT2D eigenvalue weighted by Crippen LogP contribution is 2.30. The van der Waals surface area contributed by atoms with E-state index in [0.29, 0.717) is 24.6 Å². The molecule has 0 atom stereocenters. The summed E-state index contributed by atoms with van der Waals surface area (Å²) in [6.07, 6.45) is 9.11. The number of benzene rings is 1. The van der Waals surface area contributed by atoms with Gasteiger partial charge in [0.25, 0.3) is 0 Å². The van der Waals surface area contributed by atoms with Gasteiger partial charge in [-0.15, -0.1) is 10.2 Å². The van der Waals surface area contributed by atoms with Crippen LogP contribution in [0.3, 0.4) is 0 Å². The van der Waals surface area contributed by atoms with E-state index in [1.165, 1.54) is 18.5 Å². The summed E-state index contributed by atoms with van der Waals surface area (Å²) in [5.41, 5.74) is 4.42. The maximum atomic E-state index is 5.80. The minimum absolute atomic E-state index is 0.589. The lowest BCUT2D eigenvalue weighted by molar-refractivity contribution is -0.225. The van der Waals surface area contributed by atoms with Crippen LogP contribution in [0.1, 0.15) is 88.6 Å². The summed E-state index contributed by atoms with van der Waals surface area (Å²) in [4.78, 5) is 4.90. The largest absolute Gasteiger partial charge is 0.347 e. The number of H-pyrrole nitrogens is 1. The molecule has 0 aliphatic carbocycles. The number of hydrogen-bond donors (Lipinski definition) is 1. The second kappa shape index (κ2) is 13.6. The SMILES string of the molecule is CCCCCc1ccc(-c2nnn[nH]2)n1-c1ccc(Cn2nc(C(CCC)(OC)OC)nc2CCCC)cc1. The summed E-state index contributed by atoms with van der Waals surface area (Å²) >= 11 is 0. The Labute approximate surface area is 231 Å². The van der Waals surface area contributed by atoms with Crippen molar-refractivity contribution in [3.8, 4) is 17.2 Å². The Bertz CT molecular complexity index is 1270. The summed E-state index contributed by atoms with van der Waals surface area (Å²) in [7, 11) is 3.32. The Kier molecular flexibility index (Phi) is 10.00. The fourth-order valence-electron chi connectivity index (χ4n) is 5.00. The first kappa shape index (κ1) is 28.6. The number of hydrogen-bond acceptors (Lipinski definition) is 7. The summed E-state index contributed by atoms with van der Waals surface area (Å²) in [5, 5.41) is 19.5. The van der Waals surface area contributed by atoms with Gasteiger partial charge in [0.1, 0.15) is 5.82 Å². The molecule has 39 heavy (non-hydrogen) atoms. The van der Waals surface area contributed by atoms with Crippen LogP contribution in [0.2, 0.25) is 0 Å². The Morgan fingerprint density at radius 2 is 1.64 bits per heavy atom. The molecule has 1 N–H and O–H groups in total. The molecule has 10 heteroatoms. The van der Waals surface area contributed by atoms with Gasteiger partial charge in [-0.1, -0.05) is 58.6 Å². The number of aromatic nitrogens is 8. The number of unbranched alkanes of at least 4 members (excludes halogenated alkanes) is 3. The van der Waals surface area contributed by atoms with Crippen molar-refractivity contribution in [2.75, 3.05) is 14.2 Å². The third kappa shape index (κ3) is 6.45. The summed E-state index contributed by atoms with van der Waals surface area (Å²) in [6.45, 7) is 7.14. The normalized spacial score (nSPS) is 11.9. The van der Waals surface area contributed by atoms with Gasteiger partial charge in [-0.05, 0) is 59.5 Å². The highest BCUT2D eigenvalue weighted by molar-refractivity contribution is 5.56. The molecule has 0 saturated carbocycles. The molecule has 0 radical (unpaired) electrons. The van der Waals surface area contributed by atoms with Crippen LogP contribution in [0.4, 0.5) is 0 Å². The number of tetrazole rings is 1. The van der Waals surface area contributed by atoms with Crippen LogP contribution in [0.5, 0.6) is 0 Å². The lowest BCUT2D eigenvalue weighted by Crippen LogP contribution is -2.32. The number of nitrogens with zero attached hydrogens (tertiary/aromatic N) is 7. The van der Waals surface area contributed by atoms with E-state index in [2.05, 4.69) is 82.4 Å². The van der Waals surface area contributed by atoms with Crippen molar-refractivity contribution in [1.29, 1.82) is 0 Å². The van der Waals surface area contributed by atoms with Crippen molar-refractivity contribution in [1.82, 2.24) is 40.0 Å². The number of methoxy groups -OCH3 is 2. The minimum atomic E-state index is -0.931. The monoisotopic (exact) mass is 534 g/mol. The first-order valence-corrected chi connectivity index (χ1v) is 14.2. The lowest BCUT2D eigenvalue weighted by atomic mass is 10.1. The average molecular weight is 535 g/mol. The Balaban J connectivity index is 1.63. The number of ether oxygens (including phenoxy) is 2. The third-order valence-electron chi connectivity index (χ3n) is 7.19. The van der Waals surface area contributed by atoms with Gasteiger partial charge >= 0.3 is 0 Å². The van der Waals surface area contributed by atoms with Gasteiger partial charge in [-0.3, -0.25) is 0 Å². The van der Waals surface area contributed by atoms with E-state index in [-0.39, 0.29) is 0 Å². The van der Waals surface area contributed by atoms with Crippen LogP contribution in [0.25, 0.3) is 17.2 Å². The van der Waals surface area contributed by atoms with Crippen LogP contribution in [0.15, 0.2) is 36.4 Å². The van der Waals surface area contributed by atoms with Gasteiger partial charge in [0, 0.05) is 38.4 Å². The topological polar surface area (TPSA) is 109 Å². The maximum absolute atomic E-state index is 5.80. The Morgan fingerprint density at radius 3 is 2.28 bits per heavy atom. The molecule has 1 aromatic carbocycles. The highest BCUT2D eigenvalue weighted by atomic mass is 16.7. The molecule has 0 unspecified atom stereocenters. The second-order valence-electron chi connectivity index (χ2n) is 9.94. The average Bonchev–Trinajstić information content (AvgIpc) is 3.72. The van der Waals surface area contributed by atoms with Crippen LogP contribution >= 0.6 is 0 Å². The predicted molar refractivity (Wildman–Crippen MR) is 151 cm³/mol. The van der Waals surface area contributed by atoms with Gasteiger partial charge in [-0.25, -0.2) is 14.8 Å². The lowest BCUT2D eigenvalue weighted by Gasteiger charge is -2.27. The predicted octanol–water partition coefficient (Wildman–Crippen LogP) is 5.62. The van der Waals surface area contributed by atoms with E-state index in [4.69, 9.17) is 19.6 Å². The quantitative estimate of drug-likeness (QED) is 0.147. The van der Waals surface area contributed by atoms with E-state index in [0.717, 1.165) is 61.3 Å². The van der Waals surface area contributed by atoms with E-state index in [1.807, 2.05) is 4.68 Å². The molecule has 4 aromatic rings. The van der Waals surface area contributed by atoms with Crippen molar-refractivity contribution >= 4 is 0 Å². The van der Waals surface area contributed by atoms with Crippen LogP contribution in [-0.2, 0) is 34.6 Å². The van der Waals surface area contributed by atoms with Gasteiger partial charge in [0.05, 0.1) is 12.2 Å². The van der Waals surface area contributed by atoms with Crippen LogP contribution < -0.4 is 0 Å². The molecule has 210 valence electrons. The summed E-state index contributed by atoms with van der Waals surface area (Å²) < 4.78 is 15.9. The smallest absolute Gasteiger partial charge is 0.231 e. The Morgan fingerprint density at radius 1 is 0.872 bits per heavy atom. The second-order valence-corrected chi connectivity index (χ2v) is 9.94. The van der Waals surface area contributed by atoms with E-state index >= 15 is 0 Å². The molecule has 0 aliphatic rings. The standard InChI is InChI=1S/C29H42N8O2/c1-6-9-11-12-23-18-19-25(27-31-34-35-32-27)37(23)24-16-14-22(15-17-24)21-36-26(13-10-7-2)30-28(33-36)29(38-4,39-5)20-8-3/h14-19H,6-13,20-21H2,1-5H3,(H,31,32,34,35). The van der Waals surface area contributed by atoms with Crippen molar-refractivity contribution in [3.63, 3.8) is 0 Å². The molecule has 3 heterocycles. The van der Waals surface area contributed by atoms with Crippen molar-refractivity contribution in [2.24, 2.45) is 0 Å². The minimum Gasteiger partial charge on any atom is -0.347 e. The zero-order chi connectivity index (χ0) is 27.7. The van der Waals surface area contributed by atoms with Crippen molar-refractivity contribution in [3.05, 3.63) is 59.3 Å². The summed E-state index contributed by atoms with van der Waals surface area (Å²) in [5.74, 6) is 1.27. The third-order valence-corrected chi connectivity index (χ3v) is 7.19. The molecule has 0 aliphatic heterocycles. The molecule has 3 aromatic heterocycles. The first-order chi connectivity index (χ1) is 19.1. The van der Waals surface area contributed by atoms with Gasteiger partial charge < -0.3 is 14.0 Å². The van der Waals surface area contributed by atoms with Gasteiger partial charge in [-0.2, -0.15) is 0 Å². The van der Waals surface area contributed by atoms with Gasteiger partial charge in [0.2, 0.25) is 11.6 Å². The molecule has 0 amide bonds. The first-order valence-electron chi connectivity index (χ1n) is 14.2. The van der Waals surface area contributed by atoms with Crippen LogP contribution in [-0.4, -0.2) is 54.2 Å². The fourth-order valence-corrected chi connectivity index (χ4v) is 5.00. The number of aryl methyl sites for hydroxylation is 2. The molecule has 0 saturated heterocycles. The molecular formula is C29H42N8O2. The Hall–Kier alpha value is -3.37. The molecular weight excluding hydrogens is 492 g/mol. The molecule has 4 rings (SSSR count). The number of aromatic amines is 1. The highest BCUT2D eigenvalue weighted by Gasteiger charge is 2.36. The molecule has 10 nitrogen and oxygen atoms in total. The van der Waals surface area contributed by atoms with E-state index < -0.39 is 5.79 Å². The zero-order valence-electron chi connectivity index (χ0n) is 24.0. The molecule has 0 fully saturated rings. The fraction of sp³-hybridized carbons (Fsp3) is 0.552. The number of nitrogens with one attached hydrogen (secondary N) is 1. The van der Waals surface area contributed by atoms with E-state index in [1.54, 1.807) is 14.2 Å². The van der Waals surface area contributed by atoms with Gasteiger partial charge in [0.15, 0.2) is 5.82 Å². The molecule has 0 bridgehead atoms. The van der Waals surface area contributed by atoms with Crippen molar-refractivity contribution in [2.45, 2.75) is 90.9 Å². The van der Waals surface area contributed by atoms with E-state index in [9.17, 15) is 0 Å². The maximum Gasteiger partial charge on any atom is 0.231 e. The van der Waals surface area contributed by atoms with Crippen molar-refractivity contribution < 1.29 is 9.47 Å².